The molecule has 0 amide bonds. The molecule has 4 nitrogen and oxygen atoms in total. The molecule has 0 fully saturated rings. The number of nitrogens with zero attached hydrogens (tertiary/aromatic N) is 4. The summed E-state index contributed by atoms with van der Waals surface area (Å²) in [6, 6.07) is 20.8. The zero-order valence-corrected chi connectivity index (χ0v) is 31.3. The Balaban J connectivity index is -0.00000228. The van der Waals surface area contributed by atoms with Gasteiger partial charge in [-0.1, -0.05) is 12.1 Å². The van der Waals surface area contributed by atoms with E-state index in [4.69, 9.17) is 9.98 Å². The van der Waals surface area contributed by atoms with Crippen LogP contribution in [0.15, 0.2) is 83.0 Å². The van der Waals surface area contributed by atoms with Crippen LogP contribution in [0.3, 0.4) is 0 Å². The van der Waals surface area contributed by atoms with Crippen LogP contribution in [0.25, 0.3) is 11.1 Å². The van der Waals surface area contributed by atoms with Gasteiger partial charge in [-0.05, 0) is 110 Å². The summed E-state index contributed by atoms with van der Waals surface area (Å²) in [5.41, 5.74) is 11.2. The third kappa shape index (κ3) is 12.1. The third-order valence-corrected chi connectivity index (χ3v) is 5.81. The Morgan fingerprint density at radius 3 is 1.15 bits per heavy atom. The van der Waals surface area contributed by atoms with Crippen LogP contribution in [0.1, 0.15) is 33.6 Å². The maximum absolute atomic E-state index is 4.75. The van der Waals surface area contributed by atoms with Crippen molar-refractivity contribution in [3.63, 3.8) is 0 Å². The fraction of sp³-hybridized carbons (Fsp3) is 0.200. The van der Waals surface area contributed by atoms with E-state index in [-0.39, 0.29) is 102 Å². The smallest absolute Gasteiger partial charge is 0.0684 e. The summed E-state index contributed by atoms with van der Waals surface area (Å²) in [4.78, 5) is 18.2. The van der Waals surface area contributed by atoms with Gasteiger partial charge in [0, 0.05) is 83.2 Å². The van der Waals surface area contributed by atoms with E-state index in [2.05, 4.69) is 61.9 Å². The van der Waals surface area contributed by atoms with Gasteiger partial charge < -0.3 is 0 Å². The van der Waals surface area contributed by atoms with E-state index in [0.717, 1.165) is 35.6 Å². The molecule has 0 spiro atoms. The van der Waals surface area contributed by atoms with Crippen molar-refractivity contribution in [1.82, 2.24) is 9.97 Å². The summed E-state index contributed by atoms with van der Waals surface area (Å²) >= 11 is 0. The second-order valence-electron chi connectivity index (χ2n) is 8.59. The monoisotopic (exact) mass is 892 g/mol. The van der Waals surface area contributed by atoms with Gasteiger partial charge in [-0.15, -0.1) is 67.9 Å². The molecule has 2 aromatic carbocycles. The van der Waals surface area contributed by atoms with Crippen LogP contribution in [0.5, 0.6) is 0 Å². The van der Waals surface area contributed by atoms with Crippen LogP contribution in [0.2, 0.25) is 0 Å². The number of pyridine rings is 2. The van der Waals surface area contributed by atoms with Gasteiger partial charge in [-0.3, -0.25) is 20.0 Å². The van der Waals surface area contributed by atoms with Crippen LogP contribution in [0.4, 0.5) is 11.4 Å². The zero-order chi connectivity index (χ0) is 23.9. The minimum atomic E-state index is 0. The first-order chi connectivity index (χ1) is 16.5. The molecule has 0 saturated heterocycles. The SMILES string of the molecule is Br.Br.Br.Br.Cc1cc(-c2cc(C)c(N=CCc3ccccn3)c(C)c2)cc(C)c1N=CCc1ccccn1.[Cu].[Cu]. The largest absolute Gasteiger partial charge is 0.261 e. The first-order valence-corrected chi connectivity index (χ1v) is 11.6. The average molecular weight is 897 g/mol. The standard InChI is InChI=1S/C30H30N4.4BrH.2Cu/c1-21-17-25(18-22(2)29(21)33-15-11-27-9-5-7-13-31-27)26-19-23(3)30(24(4)20-26)34-16-12-28-10-6-8-14-32-28;;;;;;/h5-10,13-20H,11-12H2,1-4H3;4*1H;;. The summed E-state index contributed by atoms with van der Waals surface area (Å²) in [7, 11) is 0. The average Bonchev–Trinajstić information content (AvgIpc) is 2.83. The number of rotatable bonds is 7. The van der Waals surface area contributed by atoms with E-state index >= 15 is 0 Å². The summed E-state index contributed by atoms with van der Waals surface area (Å²) in [5, 5.41) is 0. The topological polar surface area (TPSA) is 50.5 Å². The summed E-state index contributed by atoms with van der Waals surface area (Å²) in [6.45, 7) is 8.50. The molecule has 40 heavy (non-hydrogen) atoms. The van der Waals surface area contributed by atoms with Gasteiger partial charge in [0.15, 0.2) is 0 Å². The van der Waals surface area contributed by atoms with Gasteiger partial charge >= 0.3 is 0 Å². The van der Waals surface area contributed by atoms with Crippen LogP contribution in [0, 0.1) is 27.7 Å². The molecule has 0 unspecified atom stereocenters. The molecule has 0 aliphatic rings. The van der Waals surface area contributed by atoms with Crippen molar-refractivity contribution < 1.29 is 34.1 Å². The fourth-order valence-corrected chi connectivity index (χ4v) is 4.15. The first kappa shape index (κ1) is 43.5. The first-order valence-electron chi connectivity index (χ1n) is 11.6. The van der Waals surface area contributed by atoms with E-state index in [1.807, 2.05) is 61.2 Å². The van der Waals surface area contributed by atoms with Crippen LogP contribution >= 0.6 is 67.9 Å². The molecular formula is C30H34Br4Cu2N4. The van der Waals surface area contributed by atoms with Crippen molar-refractivity contribution in [2.75, 3.05) is 0 Å². The third-order valence-electron chi connectivity index (χ3n) is 5.81. The number of aryl methyl sites for hydroxylation is 4. The molecular weight excluding hydrogens is 863 g/mol. The molecule has 4 rings (SSSR count). The van der Waals surface area contributed by atoms with Gasteiger partial charge in [0.25, 0.3) is 0 Å². The minimum Gasteiger partial charge on any atom is -0.261 e. The van der Waals surface area contributed by atoms with Gasteiger partial charge in [0.2, 0.25) is 0 Å². The van der Waals surface area contributed by atoms with Gasteiger partial charge in [-0.25, -0.2) is 0 Å². The molecule has 0 N–H and O–H groups in total. The Morgan fingerprint density at radius 2 is 0.875 bits per heavy atom. The Morgan fingerprint density at radius 1 is 0.550 bits per heavy atom. The predicted octanol–water partition coefficient (Wildman–Crippen LogP) is 9.57. The Bertz CT molecular complexity index is 1200. The summed E-state index contributed by atoms with van der Waals surface area (Å²) < 4.78 is 0. The zero-order valence-electron chi connectivity index (χ0n) is 22.5. The van der Waals surface area contributed by atoms with Crippen LogP contribution in [-0.2, 0) is 47.0 Å². The normalized spacial score (nSPS) is 9.80. The van der Waals surface area contributed by atoms with E-state index < -0.39 is 0 Å². The molecule has 2 aromatic heterocycles. The second kappa shape index (κ2) is 21.7. The number of hydrogen-bond donors (Lipinski definition) is 0. The van der Waals surface area contributed by atoms with E-state index in [0.29, 0.717) is 0 Å². The molecule has 2 radical (unpaired) electrons. The van der Waals surface area contributed by atoms with E-state index in [9.17, 15) is 0 Å². The van der Waals surface area contributed by atoms with E-state index in [1.165, 1.54) is 33.4 Å². The number of benzene rings is 2. The van der Waals surface area contributed by atoms with Crippen LogP contribution < -0.4 is 0 Å². The van der Waals surface area contributed by atoms with Gasteiger partial charge in [-0.2, -0.15) is 0 Å². The predicted molar refractivity (Wildman–Crippen MR) is 184 cm³/mol. The van der Waals surface area contributed by atoms with Crippen molar-refractivity contribution >= 4 is 91.7 Å². The van der Waals surface area contributed by atoms with Crippen molar-refractivity contribution in [2.45, 2.75) is 40.5 Å². The Labute approximate surface area is 301 Å². The molecule has 0 aliphatic carbocycles. The maximum atomic E-state index is 4.75. The molecule has 0 atom stereocenters. The molecule has 0 saturated carbocycles. The minimum absolute atomic E-state index is 0. The van der Waals surface area contributed by atoms with Crippen molar-refractivity contribution in [1.29, 1.82) is 0 Å². The molecule has 4 aromatic rings. The van der Waals surface area contributed by atoms with Crippen molar-refractivity contribution in [2.24, 2.45) is 9.98 Å². The molecule has 224 valence electrons. The number of halogens is 4. The fourth-order valence-electron chi connectivity index (χ4n) is 4.15. The van der Waals surface area contributed by atoms with Crippen molar-refractivity contribution in [3.8, 4) is 11.1 Å². The number of aliphatic imine (C=N–C) groups is 2. The van der Waals surface area contributed by atoms with Crippen molar-refractivity contribution in [3.05, 3.63) is 107 Å². The van der Waals surface area contributed by atoms with Crippen LogP contribution in [-0.4, -0.2) is 22.4 Å². The molecule has 0 aliphatic heterocycles. The quantitative estimate of drug-likeness (QED) is 0.137. The van der Waals surface area contributed by atoms with Gasteiger partial charge in [0.1, 0.15) is 0 Å². The summed E-state index contributed by atoms with van der Waals surface area (Å²) in [5.74, 6) is 0. The number of aromatic nitrogens is 2. The maximum Gasteiger partial charge on any atom is 0.0684 e. The molecule has 0 bridgehead atoms. The second-order valence-corrected chi connectivity index (χ2v) is 8.59. The molecule has 2 heterocycles. The Kier molecular flexibility index (Phi) is 23.6. The Hall–Kier alpha value is -0.961. The summed E-state index contributed by atoms with van der Waals surface area (Å²) in [6.07, 6.45) is 8.97. The number of hydrogen-bond acceptors (Lipinski definition) is 4. The molecule has 10 heteroatoms. The van der Waals surface area contributed by atoms with E-state index in [1.54, 1.807) is 0 Å². The van der Waals surface area contributed by atoms with Gasteiger partial charge in [0.05, 0.1) is 11.4 Å².